The van der Waals surface area contributed by atoms with Crippen LogP contribution < -0.4 is 5.43 Å². The fourth-order valence-corrected chi connectivity index (χ4v) is 1.81. The lowest BCUT2D eigenvalue weighted by molar-refractivity contribution is -0.129. The number of aliphatic hydroxyl groups is 1. The molecule has 0 fully saturated rings. The van der Waals surface area contributed by atoms with Gasteiger partial charge in [-0.1, -0.05) is 66.7 Å². The summed E-state index contributed by atoms with van der Waals surface area (Å²) >= 11 is 0. The maximum atomic E-state index is 11.8. The highest BCUT2D eigenvalue weighted by Gasteiger charge is 2.15. The molecule has 0 unspecified atom stereocenters. The molecule has 0 bridgehead atoms. The molecule has 0 saturated heterocycles. The predicted octanol–water partition coefficient (Wildman–Crippen LogP) is 2.93. The summed E-state index contributed by atoms with van der Waals surface area (Å²) in [6, 6.07) is 18.5. The fraction of sp³-hybridized carbons (Fsp3) is 0.111. The monoisotopic (exact) mass is 294 g/mol. The van der Waals surface area contributed by atoms with Crippen LogP contribution in [0.25, 0.3) is 6.08 Å². The average molecular weight is 294 g/mol. The summed E-state index contributed by atoms with van der Waals surface area (Å²) < 4.78 is 0. The Morgan fingerprint density at radius 1 is 1.09 bits per heavy atom. The first-order valence-electron chi connectivity index (χ1n) is 6.97. The quantitative estimate of drug-likeness (QED) is 0.658. The minimum Gasteiger partial charge on any atom is -0.378 e. The number of carbonyl (C=O) groups is 1. The molecule has 112 valence electrons. The predicted molar refractivity (Wildman–Crippen MR) is 88.1 cm³/mol. The first-order chi connectivity index (χ1) is 10.7. The van der Waals surface area contributed by atoms with Crippen molar-refractivity contribution in [2.24, 2.45) is 5.10 Å². The van der Waals surface area contributed by atoms with E-state index in [1.165, 1.54) is 0 Å². The molecule has 0 aliphatic carbocycles. The number of hydrogen-bond donors (Lipinski definition) is 2. The third kappa shape index (κ3) is 4.68. The molecule has 2 aromatic carbocycles. The van der Waals surface area contributed by atoms with Gasteiger partial charge in [-0.15, -0.1) is 0 Å². The van der Waals surface area contributed by atoms with Gasteiger partial charge in [0.1, 0.15) is 0 Å². The van der Waals surface area contributed by atoms with Crippen LogP contribution in [0.1, 0.15) is 24.2 Å². The Morgan fingerprint density at radius 2 is 1.68 bits per heavy atom. The lowest BCUT2D eigenvalue weighted by atomic mass is 10.1. The molecule has 0 heterocycles. The van der Waals surface area contributed by atoms with E-state index in [4.69, 9.17) is 0 Å². The number of allylic oxidation sites excluding steroid dienone is 1. The first-order valence-corrected chi connectivity index (χ1v) is 6.97. The zero-order chi connectivity index (χ0) is 15.8. The second-order valence-electron chi connectivity index (χ2n) is 4.79. The molecule has 2 N–H and O–H groups in total. The molecule has 0 radical (unpaired) electrons. The van der Waals surface area contributed by atoms with Crippen LogP contribution in [0, 0.1) is 0 Å². The minimum atomic E-state index is -1.23. The van der Waals surface area contributed by atoms with Crippen molar-refractivity contribution in [3.8, 4) is 0 Å². The largest absolute Gasteiger partial charge is 0.378 e. The van der Waals surface area contributed by atoms with Crippen molar-refractivity contribution in [3.63, 3.8) is 0 Å². The van der Waals surface area contributed by atoms with Crippen LogP contribution in [0.3, 0.4) is 0 Å². The summed E-state index contributed by atoms with van der Waals surface area (Å²) in [5, 5.41) is 13.9. The molecular formula is C18H18N2O2. The SMILES string of the molecule is CC(/C=C/c1ccccc1)=NNC(=O)[C@@H](O)c1ccccc1. The number of amides is 1. The fourth-order valence-electron chi connectivity index (χ4n) is 1.81. The molecule has 0 saturated carbocycles. The van der Waals surface area contributed by atoms with Gasteiger partial charge in [0, 0.05) is 0 Å². The summed E-state index contributed by atoms with van der Waals surface area (Å²) in [7, 11) is 0. The molecule has 1 atom stereocenters. The second kappa shape index (κ2) is 7.90. The maximum Gasteiger partial charge on any atom is 0.273 e. The van der Waals surface area contributed by atoms with E-state index in [9.17, 15) is 9.90 Å². The van der Waals surface area contributed by atoms with Crippen LogP contribution >= 0.6 is 0 Å². The molecule has 22 heavy (non-hydrogen) atoms. The summed E-state index contributed by atoms with van der Waals surface area (Å²) in [5.41, 5.74) is 4.58. The Bertz CT molecular complexity index is 664. The number of benzene rings is 2. The van der Waals surface area contributed by atoms with Gasteiger partial charge in [0.25, 0.3) is 5.91 Å². The summed E-state index contributed by atoms with van der Waals surface area (Å²) in [6.45, 7) is 1.77. The molecule has 4 heteroatoms. The third-order valence-electron chi connectivity index (χ3n) is 3.02. The van der Waals surface area contributed by atoms with E-state index in [1.807, 2.05) is 42.5 Å². The van der Waals surface area contributed by atoms with Gasteiger partial charge in [0.05, 0.1) is 5.71 Å². The lowest BCUT2D eigenvalue weighted by Gasteiger charge is -2.08. The van der Waals surface area contributed by atoms with Crippen LogP contribution in [0.2, 0.25) is 0 Å². The number of nitrogens with one attached hydrogen (secondary N) is 1. The molecule has 0 aliphatic heterocycles. The number of hydrogen-bond acceptors (Lipinski definition) is 3. The summed E-state index contributed by atoms with van der Waals surface area (Å²) in [4.78, 5) is 11.8. The highest BCUT2D eigenvalue weighted by atomic mass is 16.3. The second-order valence-corrected chi connectivity index (χ2v) is 4.79. The van der Waals surface area contributed by atoms with Crippen molar-refractivity contribution < 1.29 is 9.90 Å². The molecule has 0 spiro atoms. The number of carbonyl (C=O) groups excluding carboxylic acids is 1. The maximum absolute atomic E-state index is 11.8. The Kier molecular flexibility index (Phi) is 5.63. The summed E-state index contributed by atoms with van der Waals surface area (Å²) in [6.07, 6.45) is 2.47. The van der Waals surface area contributed by atoms with Crippen molar-refractivity contribution in [3.05, 3.63) is 77.9 Å². The molecule has 4 nitrogen and oxygen atoms in total. The highest BCUT2D eigenvalue weighted by Crippen LogP contribution is 2.11. The zero-order valence-corrected chi connectivity index (χ0v) is 12.3. The van der Waals surface area contributed by atoms with Gasteiger partial charge < -0.3 is 5.11 Å². The highest BCUT2D eigenvalue weighted by molar-refractivity contribution is 5.97. The van der Waals surface area contributed by atoms with Gasteiger partial charge in [0.15, 0.2) is 6.10 Å². The number of aliphatic hydroxyl groups excluding tert-OH is 1. The van der Waals surface area contributed by atoms with Gasteiger partial charge in [0.2, 0.25) is 0 Å². The van der Waals surface area contributed by atoms with Crippen LogP contribution in [0.15, 0.2) is 71.8 Å². The standard InChI is InChI=1S/C18H18N2O2/c1-14(12-13-15-8-4-2-5-9-15)19-20-18(22)17(21)16-10-6-3-7-11-16/h2-13,17,21H,1H3,(H,20,22)/b13-12+,19-14?/t17-/m0/s1. The molecule has 0 aliphatic rings. The van der Waals surface area contributed by atoms with E-state index >= 15 is 0 Å². The summed E-state index contributed by atoms with van der Waals surface area (Å²) in [5.74, 6) is -0.557. The third-order valence-corrected chi connectivity index (χ3v) is 3.02. The van der Waals surface area contributed by atoms with E-state index in [0.717, 1.165) is 5.56 Å². The van der Waals surface area contributed by atoms with Gasteiger partial charge in [-0.25, -0.2) is 5.43 Å². The Labute approximate surface area is 129 Å². The molecule has 1 amide bonds. The Hall–Kier alpha value is -2.72. The van der Waals surface area contributed by atoms with Crippen molar-refractivity contribution in [1.29, 1.82) is 0 Å². The first kappa shape index (κ1) is 15.7. The normalized spacial score (nSPS) is 13.1. The number of hydrazone groups is 1. The molecule has 0 aromatic heterocycles. The minimum absolute atomic E-state index is 0.535. The van der Waals surface area contributed by atoms with Crippen LogP contribution in [-0.4, -0.2) is 16.7 Å². The molecule has 2 rings (SSSR count). The van der Waals surface area contributed by atoms with E-state index in [-0.39, 0.29) is 0 Å². The van der Waals surface area contributed by atoms with E-state index in [2.05, 4.69) is 10.5 Å². The lowest BCUT2D eigenvalue weighted by Crippen LogP contribution is -2.25. The Balaban J connectivity index is 1.93. The smallest absolute Gasteiger partial charge is 0.273 e. The average Bonchev–Trinajstić information content (AvgIpc) is 2.58. The zero-order valence-electron chi connectivity index (χ0n) is 12.3. The number of nitrogens with zero attached hydrogens (tertiary/aromatic N) is 1. The number of rotatable bonds is 5. The topological polar surface area (TPSA) is 61.7 Å². The molecule has 2 aromatic rings. The van der Waals surface area contributed by atoms with Crippen LogP contribution in [0.4, 0.5) is 0 Å². The van der Waals surface area contributed by atoms with Gasteiger partial charge >= 0.3 is 0 Å². The van der Waals surface area contributed by atoms with Crippen molar-refractivity contribution in [1.82, 2.24) is 5.43 Å². The van der Waals surface area contributed by atoms with Crippen molar-refractivity contribution in [2.45, 2.75) is 13.0 Å². The van der Waals surface area contributed by atoms with Gasteiger partial charge in [-0.2, -0.15) is 5.10 Å². The van der Waals surface area contributed by atoms with Gasteiger partial charge in [-0.3, -0.25) is 4.79 Å². The van der Waals surface area contributed by atoms with Gasteiger partial charge in [-0.05, 0) is 24.1 Å². The van der Waals surface area contributed by atoms with Crippen LogP contribution in [-0.2, 0) is 4.79 Å². The van der Waals surface area contributed by atoms with E-state index < -0.39 is 12.0 Å². The Morgan fingerprint density at radius 3 is 2.32 bits per heavy atom. The van der Waals surface area contributed by atoms with E-state index in [0.29, 0.717) is 11.3 Å². The van der Waals surface area contributed by atoms with E-state index in [1.54, 1.807) is 37.3 Å². The van der Waals surface area contributed by atoms with Crippen molar-refractivity contribution >= 4 is 17.7 Å². The van der Waals surface area contributed by atoms with Crippen molar-refractivity contribution in [2.75, 3.05) is 0 Å². The van der Waals surface area contributed by atoms with Crippen LogP contribution in [0.5, 0.6) is 0 Å². The molecular weight excluding hydrogens is 276 g/mol.